The van der Waals surface area contributed by atoms with Crippen LogP contribution in [0.3, 0.4) is 0 Å². The lowest BCUT2D eigenvalue weighted by Gasteiger charge is -2.44. The fourth-order valence-electron chi connectivity index (χ4n) is 5.56. The van der Waals surface area contributed by atoms with Gasteiger partial charge in [0.25, 0.3) is 0 Å². The maximum Gasteiger partial charge on any atom is 0.312 e. The molecule has 2 aliphatic rings. The Morgan fingerprint density at radius 3 is 2.40 bits per heavy atom. The van der Waals surface area contributed by atoms with Gasteiger partial charge in [0.15, 0.2) is 5.41 Å². The molecule has 2 aliphatic carbocycles. The Kier molecular flexibility index (Phi) is 6.28. The van der Waals surface area contributed by atoms with Gasteiger partial charge in [-0.25, -0.2) is 0 Å². The molecule has 0 radical (unpaired) electrons. The van der Waals surface area contributed by atoms with E-state index in [0.29, 0.717) is 18.3 Å². The van der Waals surface area contributed by atoms with Crippen molar-refractivity contribution in [2.45, 2.75) is 71.8 Å². The quantitative estimate of drug-likeness (QED) is 0.573. The summed E-state index contributed by atoms with van der Waals surface area (Å²) in [4.78, 5) is 13.2. The first-order chi connectivity index (χ1) is 14.2. The van der Waals surface area contributed by atoms with E-state index in [0.717, 1.165) is 19.3 Å². The SMILES string of the molecule is CC(C)C[C@@H]1[C@@H](C(=O)O[C@@H]2C[C@H](C)CC[C@H]2C(C)(C)c2ccccc2)C1(C#N)C#N. The monoisotopic (exact) mass is 406 g/mol. The van der Waals surface area contributed by atoms with E-state index in [1.54, 1.807) is 0 Å². The predicted octanol–water partition coefficient (Wildman–Crippen LogP) is 5.64. The van der Waals surface area contributed by atoms with Crippen LogP contribution in [0.15, 0.2) is 30.3 Å². The van der Waals surface area contributed by atoms with Crippen molar-refractivity contribution in [3.05, 3.63) is 35.9 Å². The van der Waals surface area contributed by atoms with E-state index in [1.807, 2.05) is 6.07 Å². The Labute approximate surface area is 181 Å². The molecule has 5 atom stereocenters. The first kappa shape index (κ1) is 22.4. The third kappa shape index (κ3) is 3.98. The Balaban J connectivity index is 1.81. The van der Waals surface area contributed by atoms with Crippen molar-refractivity contribution in [2.75, 3.05) is 0 Å². The van der Waals surface area contributed by atoms with Gasteiger partial charge >= 0.3 is 5.97 Å². The highest BCUT2D eigenvalue weighted by Gasteiger charge is 2.71. The van der Waals surface area contributed by atoms with E-state index >= 15 is 0 Å². The van der Waals surface area contributed by atoms with Crippen LogP contribution in [0.25, 0.3) is 0 Å². The van der Waals surface area contributed by atoms with Crippen LogP contribution in [0.4, 0.5) is 0 Å². The third-order valence-electron chi connectivity index (χ3n) is 7.48. The lowest BCUT2D eigenvalue weighted by Crippen LogP contribution is -2.43. The number of ether oxygens (including phenoxy) is 1. The molecule has 0 heterocycles. The van der Waals surface area contributed by atoms with Crippen molar-refractivity contribution in [3.8, 4) is 12.1 Å². The number of nitriles is 2. The van der Waals surface area contributed by atoms with E-state index in [1.165, 1.54) is 5.56 Å². The molecule has 30 heavy (non-hydrogen) atoms. The summed E-state index contributed by atoms with van der Waals surface area (Å²) in [5.41, 5.74) is -0.0981. The van der Waals surface area contributed by atoms with E-state index in [-0.39, 0.29) is 29.3 Å². The predicted molar refractivity (Wildman–Crippen MR) is 116 cm³/mol. The summed E-state index contributed by atoms with van der Waals surface area (Å²) in [6.45, 7) is 10.8. The number of carbonyl (C=O) groups excluding carboxylic acids is 1. The molecule has 2 fully saturated rings. The molecule has 0 saturated heterocycles. The summed E-state index contributed by atoms with van der Waals surface area (Å²) >= 11 is 0. The zero-order chi connectivity index (χ0) is 22.1. The highest BCUT2D eigenvalue weighted by atomic mass is 16.5. The molecule has 3 rings (SSSR count). The van der Waals surface area contributed by atoms with Gasteiger partial charge < -0.3 is 4.74 Å². The molecule has 1 aromatic carbocycles. The van der Waals surface area contributed by atoms with Gasteiger partial charge in [-0.1, -0.05) is 71.4 Å². The Morgan fingerprint density at radius 2 is 1.83 bits per heavy atom. The van der Waals surface area contributed by atoms with Gasteiger partial charge in [-0.2, -0.15) is 10.5 Å². The van der Waals surface area contributed by atoms with E-state index in [9.17, 15) is 15.3 Å². The van der Waals surface area contributed by atoms with Gasteiger partial charge in [0.2, 0.25) is 0 Å². The summed E-state index contributed by atoms with van der Waals surface area (Å²) in [6, 6.07) is 14.7. The van der Waals surface area contributed by atoms with Crippen molar-refractivity contribution < 1.29 is 9.53 Å². The average molecular weight is 407 g/mol. The molecule has 0 bridgehead atoms. The standard InChI is InChI=1S/C26H34N2O2/c1-17(2)13-21-23(26(21,15-27)16-28)24(29)30-22-14-18(3)11-12-20(22)25(4,5)19-9-7-6-8-10-19/h6-10,17-18,20-23H,11-14H2,1-5H3/t18-,20-,21-,22-,23+/m1/s1. The summed E-state index contributed by atoms with van der Waals surface area (Å²) in [5, 5.41) is 19.3. The van der Waals surface area contributed by atoms with Gasteiger partial charge in [0, 0.05) is 11.8 Å². The maximum absolute atomic E-state index is 13.2. The minimum Gasteiger partial charge on any atom is -0.462 e. The van der Waals surface area contributed by atoms with Crippen LogP contribution < -0.4 is 0 Å². The molecule has 4 heteroatoms. The summed E-state index contributed by atoms with van der Waals surface area (Å²) in [5.74, 6) is -0.159. The van der Waals surface area contributed by atoms with Crippen LogP contribution in [0.1, 0.15) is 65.9 Å². The number of hydrogen-bond donors (Lipinski definition) is 0. The van der Waals surface area contributed by atoms with E-state index in [2.05, 4.69) is 71.0 Å². The van der Waals surface area contributed by atoms with Gasteiger partial charge in [0.05, 0.1) is 18.1 Å². The second-order valence-corrected chi connectivity index (χ2v) is 10.4. The number of rotatable bonds is 6. The van der Waals surface area contributed by atoms with Crippen molar-refractivity contribution in [3.63, 3.8) is 0 Å². The molecule has 0 spiro atoms. The molecule has 0 aliphatic heterocycles. The molecule has 1 aromatic rings. The van der Waals surface area contributed by atoms with Crippen LogP contribution in [0.5, 0.6) is 0 Å². The smallest absolute Gasteiger partial charge is 0.312 e. The Morgan fingerprint density at radius 1 is 1.20 bits per heavy atom. The normalized spacial score (nSPS) is 30.2. The minimum atomic E-state index is -1.22. The number of benzene rings is 1. The first-order valence-electron chi connectivity index (χ1n) is 11.3. The van der Waals surface area contributed by atoms with Gasteiger partial charge in [-0.3, -0.25) is 4.79 Å². The number of carbonyl (C=O) groups is 1. The van der Waals surface area contributed by atoms with Crippen LogP contribution in [-0.2, 0) is 14.9 Å². The molecule has 0 aromatic heterocycles. The van der Waals surface area contributed by atoms with Crippen LogP contribution in [-0.4, -0.2) is 12.1 Å². The van der Waals surface area contributed by atoms with Crippen LogP contribution in [0, 0.1) is 57.7 Å². The molecule has 2 saturated carbocycles. The summed E-state index contributed by atoms with van der Waals surface area (Å²) < 4.78 is 6.14. The van der Waals surface area contributed by atoms with E-state index in [4.69, 9.17) is 4.74 Å². The second-order valence-electron chi connectivity index (χ2n) is 10.4. The highest BCUT2D eigenvalue weighted by molar-refractivity contribution is 5.80. The molecular weight excluding hydrogens is 372 g/mol. The summed E-state index contributed by atoms with van der Waals surface area (Å²) in [7, 11) is 0. The number of esters is 1. The van der Waals surface area contributed by atoms with E-state index < -0.39 is 11.3 Å². The zero-order valence-electron chi connectivity index (χ0n) is 18.9. The average Bonchev–Trinajstić information content (AvgIpc) is 3.35. The van der Waals surface area contributed by atoms with Crippen molar-refractivity contribution >= 4 is 5.97 Å². The Bertz CT molecular complexity index is 832. The van der Waals surface area contributed by atoms with Crippen molar-refractivity contribution in [2.24, 2.45) is 35.0 Å². The fraction of sp³-hybridized carbons (Fsp3) is 0.654. The van der Waals surface area contributed by atoms with Crippen LogP contribution in [0.2, 0.25) is 0 Å². The first-order valence-corrected chi connectivity index (χ1v) is 11.3. The highest BCUT2D eigenvalue weighted by Crippen LogP contribution is 2.61. The lowest BCUT2D eigenvalue weighted by molar-refractivity contribution is -0.159. The zero-order valence-corrected chi connectivity index (χ0v) is 18.9. The molecular formula is C26H34N2O2. The molecule has 0 unspecified atom stereocenters. The number of hydrogen-bond acceptors (Lipinski definition) is 4. The fourth-order valence-corrected chi connectivity index (χ4v) is 5.56. The number of nitrogens with zero attached hydrogens (tertiary/aromatic N) is 2. The van der Waals surface area contributed by atoms with Gasteiger partial charge in [-0.15, -0.1) is 0 Å². The lowest BCUT2D eigenvalue weighted by atomic mass is 9.64. The topological polar surface area (TPSA) is 73.9 Å². The second kappa shape index (κ2) is 8.43. The molecule has 0 amide bonds. The summed E-state index contributed by atoms with van der Waals surface area (Å²) in [6.07, 6.45) is 3.46. The Hall–Kier alpha value is -2.33. The third-order valence-corrected chi connectivity index (χ3v) is 7.48. The van der Waals surface area contributed by atoms with Crippen molar-refractivity contribution in [1.82, 2.24) is 0 Å². The minimum absolute atomic E-state index is 0.130. The molecule has 0 N–H and O–H groups in total. The van der Waals surface area contributed by atoms with Gasteiger partial charge in [0.1, 0.15) is 6.10 Å². The van der Waals surface area contributed by atoms with Gasteiger partial charge in [-0.05, 0) is 42.1 Å². The van der Waals surface area contributed by atoms with Crippen LogP contribution >= 0.6 is 0 Å². The maximum atomic E-state index is 13.2. The largest absolute Gasteiger partial charge is 0.462 e. The van der Waals surface area contributed by atoms with Crippen molar-refractivity contribution in [1.29, 1.82) is 10.5 Å². The molecule has 4 nitrogen and oxygen atoms in total. The molecule has 160 valence electrons.